The quantitative estimate of drug-likeness (QED) is 0.279. The molecule has 2 unspecified atom stereocenters. The van der Waals surface area contributed by atoms with Crippen LogP contribution in [0.15, 0.2) is 12.4 Å². The highest BCUT2D eigenvalue weighted by molar-refractivity contribution is 6.04. The third-order valence-electron chi connectivity index (χ3n) is 6.29. The van der Waals surface area contributed by atoms with Crippen LogP contribution < -0.4 is 0 Å². The highest BCUT2D eigenvalue weighted by Gasteiger charge is 2.40. The number of unbranched alkanes of at least 4 members (excludes halogenated alkanes) is 7. The van der Waals surface area contributed by atoms with Crippen LogP contribution in [0, 0.1) is 5.92 Å². The van der Waals surface area contributed by atoms with Gasteiger partial charge in [-0.05, 0) is 18.8 Å². The lowest BCUT2D eigenvalue weighted by molar-refractivity contribution is -0.140. The second-order valence-corrected chi connectivity index (χ2v) is 8.60. The fraction of sp³-hybridized carbons (Fsp3) is 0.792. The molecule has 0 N–H and O–H groups in total. The lowest BCUT2D eigenvalue weighted by Crippen LogP contribution is -2.35. The van der Waals surface area contributed by atoms with Gasteiger partial charge in [0.25, 0.3) is 5.91 Å². The fourth-order valence-electron chi connectivity index (χ4n) is 4.31. The SMILES string of the molecule is CCCCCCCCCc1nccn1C1CC(=O)N(CC(CC)CCCC)C1=O. The first-order chi connectivity index (χ1) is 14.1. The van der Waals surface area contributed by atoms with Gasteiger partial charge in [0, 0.05) is 25.4 Å². The van der Waals surface area contributed by atoms with Gasteiger partial charge in [0.1, 0.15) is 11.9 Å². The summed E-state index contributed by atoms with van der Waals surface area (Å²) in [6.45, 7) is 7.15. The van der Waals surface area contributed by atoms with Gasteiger partial charge in [-0.3, -0.25) is 14.5 Å². The van der Waals surface area contributed by atoms with Crippen molar-refractivity contribution in [3.05, 3.63) is 18.2 Å². The standard InChI is InChI=1S/C24H41N3O2/c1-4-7-9-10-11-12-13-15-22-25-16-17-26(22)21-18-23(28)27(24(21)29)19-20(6-3)14-8-5-2/h16-17,20-21H,4-15,18-19H2,1-3H3. The van der Waals surface area contributed by atoms with Gasteiger partial charge in [-0.2, -0.15) is 0 Å². The van der Waals surface area contributed by atoms with Crippen molar-refractivity contribution < 1.29 is 9.59 Å². The predicted octanol–water partition coefficient (Wildman–Crippen LogP) is 5.69. The van der Waals surface area contributed by atoms with Gasteiger partial charge >= 0.3 is 0 Å². The minimum Gasteiger partial charge on any atom is -0.322 e. The van der Waals surface area contributed by atoms with Crippen LogP contribution in [0.25, 0.3) is 0 Å². The van der Waals surface area contributed by atoms with Crippen molar-refractivity contribution in [1.29, 1.82) is 0 Å². The van der Waals surface area contributed by atoms with Crippen LogP contribution in [0.2, 0.25) is 0 Å². The summed E-state index contributed by atoms with van der Waals surface area (Å²) in [5.41, 5.74) is 0. The molecule has 2 atom stereocenters. The zero-order valence-corrected chi connectivity index (χ0v) is 18.9. The summed E-state index contributed by atoms with van der Waals surface area (Å²) in [6.07, 6.45) is 18.0. The van der Waals surface area contributed by atoms with E-state index in [0.29, 0.717) is 12.5 Å². The molecule has 1 saturated heterocycles. The molecule has 0 aliphatic carbocycles. The number of carbonyl (C=O) groups excluding carboxylic acids is 2. The van der Waals surface area contributed by atoms with Crippen molar-refractivity contribution in [3.63, 3.8) is 0 Å². The topological polar surface area (TPSA) is 55.2 Å². The van der Waals surface area contributed by atoms with E-state index in [1.54, 1.807) is 6.20 Å². The van der Waals surface area contributed by atoms with E-state index in [1.807, 2.05) is 10.8 Å². The zero-order chi connectivity index (χ0) is 21.1. The Balaban J connectivity index is 1.88. The number of carbonyl (C=O) groups is 2. The Hall–Kier alpha value is -1.65. The lowest BCUT2D eigenvalue weighted by atomic mass is 9.99. The van der Waals surface area contributed by atoms with Gasteiger partial charge < -0.3 is 4.57 Å². The normalized spacial score (nSPS) is 18.0. The number of hydrogen-bond acceptors (Lipinski definition) is 3. The average Bonchev–Trinajstić information content (AvgIpc) is 3.29. The third-order valence-corrected chi connectivity index (χ3v) is 6.29. The van der Waals surface area contributed by atoms with Crippen LogP contribution >= 0.6 is 0 Å². The summed E-state index contributed by atoms with van der Waals surface area (Å²) in [4.78, 5) is 31.6. The number of nitrogens with zero attached hydrogens (tertiary/aromatic N) is 3. The van der Waals surface area contributed by atoms with E-state index in [2.05, 4.69) is 25.8 Å². The third kappa shape index (κ3) is 6.97. The molecule has 0 bridgehead atoms. The highest BCUT2D eigenvalue weighted by Crippen LogP contribution is 2.28. The van der Waals surface area contributed by atoms with Crippen LogP contribution in [-0.4, -0.2) is 32.8 Å². The van der Waals surface area contributed by atoms with Crippen LogP contribution in [0.5, 0.6) is 0 Å². The van der Waals surface area contributed by atoms with Gasteiger partial charge in [0.05, 0.1) is 6.42 Å². The number of likely N-dealkylation sites (tertiary alicyclic amines) is 1. The first-order valence-corrected chi connectivity index (χ1v) is 12.0. The molecular formula is C24H41N3O2. The first-order valence-electron chi connectivity index (χ1n) is 12.0. The van der Waals surface area contributed by atoms with Crippen molar-refractivity contribution in [2.24, 2.45) is 5.92 Å². The molecule has 0 saturated carbocycles. The minimum absolute atomic E-state index is 0.0227. The number of hydrogen-bond donors (Lipinski definition) is 0. The molecule has 5 nitrogen and oxygen atoms in total. The monoisotopic (exact) mass is 403 g/mol. The maximum absolute atomic E-state index is 13.0. The van der Waals surface area contributed by atoms with Crippen LogP contribution in [0.1, 0.15) is 110 Å². The molecule has 2 rings (SSSR count). The lowest BCUT2D eigenvalue weighted by Gasteiger charge is -2.22. The van der Waals surface area contributed by atoms with E-state index in [-0.39, 0.29) is 18.2 Å². The van der Waals surface area contributed by atoms with Crippen LogP contribution in [0.3, 0.4) is 0 Å². The largest absolute Gasteiger partial charge is 0.322 e. The number of amides is 2. The number of rotatable bonds is 15. The van der Waals surface area contributed by atoms with E-state index in [9.17, 15) is 9.59 Å². The Morgan fingerprint density at radius 2 is 1.69 bits per heavy atom. The molecular weight excluding hydrogens is 362 g/mol. The van der Waals surface area contributed by atoms with Gasteiger partial charge in [0.2, 0.25) is 5.91 Å². The number of imidazole rings is 1. The molecule has 1 aromatic rings. The number of aryl methyl sites for hydroxylation is 1. The molecule has 1 aromatic heterocycles. The van der Waals surface area contributed by atoms with E-state index in [0.717, 1.165) is 44.3 Å². The fourth-order valence-corrected chi connectivity index (χ4v) is 4.31. The molecule has 0 radical (unpaired) electrons. The predicted molar refractivity (Wildman–Crippen MR) is 118 cm³/mol. The Bertz CT molecular complexity index is 625. The smallest absolute Gasteiger partial charge is 0.252 e. The molecule has 164 valence electrons. The maximum atomic E-state index is 13.0. The maximum Gasteiger partial charge on any atom is 0.252 e. The zero-order valence-electron chi connectivity index (χ0n) is 18.9. The molecule has 1 aliphatic rings. The van der Waals surface area contributed by atoms with Crippen LogP contribution in [-0.2, 0) is 16.0 Å². The van der Waals surface area contributed by atoms with Gasteiger partial charge in [0.15, 0.2) is 0 Å². The van der Waals surface area contributed by atoms with Crippen molar-refractivity contribution in [2.75, 3.05) is 6.54 Å². The van der Waals surface area contributed by atoms with E-state index in [1.165, 1.54) is 43.4 Å². The number of aromatic nitrogens is 2. The highest BCUT2D eigenvalue weighted by atomic mass is 16.2. The van der Waals surface area contributed by atoms with Gasteiger partial charge in [-0.25, -0.2) is 4.98 Å². The average molecular weight is 404 g/mol. The minimum atomic E-state index is -0.395. The summed E-state index contributed by atoms with van der Waals surface area (Å²) < 4.78 is 1.96. The molecule has 5 heteroatoms. The van der Waals surface area contributed by atoms with Crippen molar-refractivity contribution in [2.45, 2.75) is 110 Å². The van der Waals surface area contributed by atoms with Crippen molar-refractivity contribution >= 4 is 11.8 Å². The van der Waals surface area contributed by atoms with Crippen molar-refractivity contribution in [3.8, 4) is 0 Å². The Morgan fingerprint density at radius 1 is 1.00 bits per heavy atom. The summed E-state index contributed by atoms with van der Waals surface area (Å²) in [6, 6.07) is -0.395. The van der Waals surface area contributed by atoms with Gasteiger partial charge in [-0.1, -0.05) is 78.6 Å². The molecule has 2 amide bonds. The Labute approximate surface area is 177 Å². The number of imide groups is 1. The van der Waals surface area contributed by atoms with E-state index < -0.39 is 6.04 Å². The molecule has 0 aromatic carbocycles. The molecule has 29 heavy (non-hydrogen) atoms. The summed E-state index contributed by atoms with van der Waals surface area (Å²) in [7, 11) is 0. The molecule has 1 fully saturated rings. The van der Waals surface area contributed by atoms with Gasteiger partial charge in [-0.15, -0.1) is 0 Å². The van der Waals surface area contributed by atoms with Crippen LogP contribution in [0.4, 0.5) is 0 Å². The van der Waals surface area contributed by atoms with Crippen molar-refractivity contribution in [1.82, 2.24) is 14.5 Å². The Morgan fingerprint density at radius 3 is 2.38 bits per heavy atom. The second-order valence-electron chi connectivity index (χ2n) is 8.60. The molecule has 2 heterocycles. The summed E-state index contributed by atoms with van der Waals surface area (Å²) in [5, 5.41) is 0. The summed E-state index contributed by atoms with van der Waals surface area (Å²) >= 11 is 0. The van der Waals surface area contributed by atoms with E-state index in [4.69, 9.17) is 0 Å². The molecule has 0 spiro atoms. The molecule has 1 aliphatic heterocycles. The first kappa shape index (κ1) is 23.6. The van der Waals surface area contributed by atoms with E-state index >= 15 is 0 Å². The Kier molecular flexibility index (Phi) is 10.4. The second kappa shape index (κ2) is 12.8. The summed E-state index contributed by atoms with van der Waals surface area (Å²) in [5.74, 6) is 1.30.